The molecule has 0 heterocycles. The van der Waals surface area contributed by atoms with E-state index in [2.05, 4.69) is 20.8 Å². The van der Waals surface area contributed by atoms with Crippen LogP contribution in [0.25, 0.3) is 0 Å². The van der Waals surface area contributed by atoms with Crippen LogP contribution in [0.15, 0.2) is 42.0 Å². The Balaban J connectivity index is 1.51. The number of esters is 2. The molecule has 0 aromatic heterocycles. The van der Waals surface area contributed by atoms with Crippen molar-refractivity contribution in [3.63, 3.8) is 0 Å². The summed E-state index contributed by atoms with van der Waals surface area (Å²) in [6.07, 6.45) is 6.56. The number of methoxy groups -OCH3 is 1. The largest absolute Gasteiger partial charge is 0.469 e. The Morgan fingerprint density at radius 2 is 1.87 bits per heavy atom. The van der Waals surface area contributed by atoms with E-state index in [-0.39, 0.29) is 64.2 Å². The van der Waals surface area contributed by atoms with Crippen LogP contribution in [0.4, 0.5) is 0 Å². The minimum atomic E-state index is -0.510. The van der Waals surface area contributed by atoms with Crippen LogP contribution >= 0.6 is 0 Å². The maximum Gasteiger partial charge on any atom is 0.338 e. The molecule has 1 aromatic rings. The van der Waals surface area contributed by atoms with Gasteiger partial charge in [0.25, 0.3) is 0 Å². The Labute approximate surface area is 226 Å². The quantitative estimate of drug-likeness (QED) is 0.494. The standard InChI is InChI=1S/C32H42O6/c1-19(10-13-28(35)37-4)23-11-12-24-29-25(31(2)15-14-22(33)16-21(31)17-26(29)34)18-27(32(23,24)3)38-30(36)20-8-6-5-7-9-20/h5-9,16,19,23-27,29,34H,10-15,17-18H2,1-4H3/t19-,23-,24?,25?,26?,27+,29?,31+,32-/m1/s1. The molecule has 4 aliphatic rings. The van der Waals surface area contributed by atoms with Crippen molar-refractivity contribution in [2.75, 3.05) is 7.11 Å². The van der Waals surface area contributed by atoms with E-state index in [0.717, 1.165) is 31.3 Å². The van der Waals surface area contributed by atoms with Gasteiger partial charge in [-0.05, 0) is 91.7 Å². The summed E-state index contributed by atoms with van der Waals surface area (Å²) < 4.78 is 11.4. The average Bonchev–Trinajstić information content (AvgIpc) is 3.27. The second kappa shape index (κ2) is 10.3. The molecule has 0 spiro atoms. The molecule has 5 rings (SSSR count). The first kappa shape index (κ1) is 27.1. The molecule has 3 fully saturated rings. The maximum atomic E-state index is 13.4. The number of ketones is 1. The number of aliphatic hydroxyl groups excluding tert-OH is 1. The summed E-state index contributed by atoms with van der Waals surface area (Å²) in [5, 5.41) is 11.6. The topological polar surface area (TPSA) is 89.9 Å². The first-order chi connectivity index (χ1) is 18.1. The van der Waals surface area contributed by atoms with E-state index in [0.29, 0.717) is 31.2 Å². The van der Waals surface area contributed by atoms with Crippen molar-refractivity contribution < 1.29 is 29.0 Å². The van der Waals surface area contributed by atoms with Crippen LogP contribution in [0, 0.1) is 40.4 Å². The zero-order valence-electron chi connectivity index (χ0n) is 23.2. The Hall–Kier alpha value is -2.47. The highest BCUT2D eigenvalue weighted by molar-refractivity contribution is 5.91. The third-order valence-corrected chi connectivity index (χ3v) is 11.1. The van der Waals surface area contributed by atoms with Crippen LogP contribution in [0.5, 0.6) is 0 Å². The number of rotatable bonds is 6. The van der Waals surface area contributed by atoms with Gasteiger partial charge < -0.3 is 14.6 Å². The van der Waals surface area contributed by atoms with Gasteiger partial charge in [-0.3, -0.25) is 9.59 Å². The van der Waals surface area contributed by atoms with E-state index in [1.807, 2.05) is 18.2 Å². The maximum absolute atomic E-state index is 13.4. The summed E-state index contributed by atoms with van der Waals surface area (Å²) in [4.78, 5) is 37.7. The van der Waals surface area contributed by atoms with Crippen LogP contribution in [0.1, 0.15) is 82.5 Å². The van der Waals surface area contributed by atoms with Gasteiger partial charge in [0.2, 0.25) is 0 Å². The van der Waals surface area contributed by atoms with Gasteiger partial charge in [0.05, 0.1) is 18.8 Å². The predicted molar refractivity (Wildman–Crippen MR) is 143 cm³/mol. The van der Waals surface area contributed by atoms with Gasteiger partial charge in [-0.2, -0.15) is 0 Å². The fourth-order valence-corrected chi connectivity index (χ4v) is 9.03. The Kier molecular flexibility index (Phi) is 7.32. The van der Waals surface area contributed by atoms with Crippen LogP contribution in [-0.4, -0.2) is 42.1 Å². The fourth-order valence-electron chi connectivity index (χ4n) is 9.03. The van der Waals surface area contributed by atoms with Gasteiger partial charge >= 0.3 is 11.9 Å². The lowest BCUT2D eigenvalue weighted by atomic mass is 9.45. The van der Waals surface area contributed by atoms with E-state index >= 15 is 0 Å². The molecule has 0 amide bonds. The molecule has 4 aliphatic carbocycles. The van der Waals surface area contributed by atoms with Crippen molar-refractivity contribution in [3.05, 3.63) is 47.5 Å². The number of carbonyl (C=O) groups excluding carboxylic acids is 3. The van der Waals surface area contributed by atoms with Crippen molar-refractivity contribution in [3.8, 4) is 0 Å². The summed E-state index contributed by atoms with van der Waals surface area (Å²) in [5.41, 5.74) is 1.12. The third-order valence-electron chi connectivity index (χ3n) is 11.1. The van der Waals surface area contributed by atoms with Gasteiger partial charge in [-0.1, -0.05) is 44.5 Å². The summed E-state index contributed by atoms with van der Waals surface area (Å²) in [7, 11) is 1.42. The minimum absolute atomic E-state index is 0.0971. The number of fused-ring (bicyclic) bond motifs is 5. The molecule has 38 heavy (non-hydrogen) atoms. The molecule has 6 heteroatoms. The van der Waals surface area contributed by atoms with E-state index in [4.69, 9.17) is 9.47 Å². The molecule has 9 atom stereocenters. The Morgan fingerprint density at radius 1 is 1.13 bits per heavy atom. The monoisotopic (exact) mass is 522 g/mol. The van der Waals surface area contributed by atoms with Crippen molar-refractivity contribution in [2.24, 2.45) is 40.4 Å². The number of aliphatic hydroxyl groups is 1. The third kappa shape index (κ3) is 4.43. The van der Waals surface area contributed by atoms with Crippen molar-refractivity contribution >= 4 is 17.7 Å². The van der Waals surface area contributed by atoms with Crippen molar-refractivity contribution in [1.82, 2.24) is 0 Å². The van der Waals surface area contributed by atoms with Crippen molar-refractivity contribution in [1.29, 1.82) is 0 Å². The molecule has 1 aromatic carbocycles. The van der Waals surface area contributed by atoms with Crippen LogP contribution in [-0.2, 0) is 19.1 Å². The molecule has 0 bridgehead atoms. The number of benzene rings is 1. The summed E-state index contributed by atoms with van der Waals surface area (Å²) in [6.45, 7) is 6.74. The van der Waals surface area contributed by atoms with Crippen molar-refractivity contribution in [2.45, 2.75) is 84.3 Å². The number of ether oxygens (including phenoxy) is 2. The first-order valence-corrected chi connectivity index (χ1v) is 14.3. The SMILES string of the molecule is COC(=O)CC[C@@H](C)[C@H]1CCC2C3C(O)CC4=CC(=O)CC[C@]4(C)C3C[C@H](OC(=O)c3ccccc3)[C@@]21C. The fraction of sp³-hybridized carbons (Fsp3) is 0.656. The lowest BCUT2D eigenvalue weighted by Crippen LogP contribution is -2.61. The molecule has 206 valence electrons. The summed E-state index contributed by atoms with van der Waals surface area (Å²) in [6, 6.07) is 9.16. The second-order valence-electron chi connectivity index (χ2n) is 12.8. The number of hydrogen-bond donors (Lipinski definition) is 1. The molecule has 4 unspecified atom stereocenters. The molecular weight excluding hydrogens is 480 g/mol. The van der Waals surface area contributed by atoms with Gasteiger partial charge in [-0.15, -0.1) is 0 Å². The number of hydrogen-bond acceptors (Lipinski definition) is 6. The van der Waals surface area contributed by atoms with E-state index in [9.17, 15) is 19.5 Å². The highest BCUT2D eigenvalue weighted by Gasteiger charge is 2.66. The van der Waals surface area contributed by atoms with Crippen LogP contribution < -0.4 is 0 Å². The lowest BCUT2D eigenvalue weighted by Gasteiger charge is -2.61. The molecular formula is C32H42O6. The normalized spacial score (nSPS) is 38.8. The molecule has 3 saturated carbocycles. The second-order valence-corrected chi connectivity index (χ2v) is 12.8. The average molecular weight is 523 g/mol. The number of carbonyl (C=O) groups is 3. The minimum Gasteiger partial charge on any atom is -0.469 e. The molecule has 0 saturated heterocycles. The van der Waals surface area contributed by atoms with Gasteiger partial charge in [0, 0.05) is 18.3 Å². The van der Waals surface area contributed by atoms with Crippen LogP contribution in [0.3, 0.4) is 0 Å². The zero-order chi connectivity index (χ0) is 27.2. The highest BCUT2D eigenvalue weighted by Crippen LogP contribution is 2.68. The highest BCUT2D eigenvalue weighted by atomic mass is 16.5. The van der Waals surface area contributed by atoms with Gasteiger partial charge in [-0.25, -0.2) is 4.79 Å². The molecule has 1 N–H and O–H groups in total. The lowest BCUT2D eigenvalue weighted by molar-refractivity contribution is -0.170. The van der Waals surface area contributed by atoms with E-state index in [1.54, 1.807) is 18.2 Å². The molecule has 0 radical (unpaired) electrons. The predicted octanol–water partition coefficient (Wildman–Crippen LogP) is 5.53. The van der Waals surface area contributed by atoms with E-state index < -0.39 is 6.10 Å². The molecule has 0 aliphatic heterocycles. The Bertz CT molecular complexity index is 1110. The van der Waals surface area contributed by atoms with E-state index in [1.165, 1.54) is 7.11 Å². The van der Waals surface area contributed by atoms with Gasteiger partial charge in [0.15, 0.2) is 5.78 Å². The summed E-state index contributed by atoms with van der Waals surface area (Å²) in [5.74, 6) is 0.588. The van der Waals surface area contributed by atoms with Gasteiger partial charge in [0.1, 0.15) is 6.10 Å². The summed E-state index contributed by atoms with van der Waals surface area (Å²) >= 11 is 0. The Morgan fingerprint density at radius 3 is 2.58 bits per heavy atom. The van der Waals surface area contributed by atoms with Crippen LogP contribution in [0.2, 0.25) is 0 Å². The smallest absolute Gasteiger partial charge is 0.338 e. The zero-order valence-corrected chi connectivity index (χ0v) is 23.2. The first-order valence-electron chi connectivity index (χ1n) is 14.3. The molecule has 6 nitrogen and oxygen atoms in total.